The van der Waals surface area contributed by atoms with Crippen molar-refractivity contribution in [2.24, 2.45) is 7.05 Å². The third-order valence-corrected chi connectivity index (χ3v) is 6.32. The van der Waals surface area contributed by atoms with Gasteiger partial charge in [-0.15, -0.1) is 0 Å². The number of imidazole rings is 1. The van der Waals surface area contributed by atoms with Gasteiger partial charge in [-0.2, -0.15) is 21.9 Å². The maximum absolute atomic E-state index is 3.03. The van der Waals surface area contributed by atoms with Crippen molar-refractivity contribution in [3.63, 3.8) is 0 Å². The molecule has 0 fully saturated rings. The van der Waals surface area contributed by atoms with E-state index in [-0.39, 0.29) is 0 Å². The van der Waals surface area contributed by atoms with E-state index in [4.69, 9.17) is 0 Å². The maximum atomic E-state index is 3.03. The van der Waals surface area contributed by atoms with Gasteiger partial charge in [0, 0.05) is 6.92 Å². The second-order valence-corrected chi connectivity index (χ2v) is 8.17. The van der Waals surface area contributed by atoms with Gasteiger partial charge in [0.25, 0.3) is 5.82 Å². The summed E-state index contributed by atoms with van der Waals surface area (Å²) in [5.41, 5.74) is 5.36. The summed E-state index contributed by atoms with van der Waals surface area (Å²) in [4.78, 5) is 3.03. The Labute approximate surface area is 191 Å². The van der Waals surface area contributed by atoms with Crippen LogP contribution in [0.1, 0.15) is 5.82 Å². The third-order valence-electron chi connectivity index (χ3n) is 6.32. The summed E-state index contributed by atoms with van der Waals surface area (Å²) in [7, 11) is 2.01. The molecule has 0 atom stereocenters. The lowest BCUT2D eigenvalue weighted by Crippen LogP contribution is -2.74. The fourth-order valence-corrected chi connectivity index (χ4v) is 4.60. The molecule has 5 aromatic rings. The summed E-state index contributed by atoms with van der Waals surface area (Å²) < 4.78 is 2.03. The molecule has 0 unspecified atom stereocenters. The van der Waals surface area contributed by atoms with Crippen molar-refractivity contribution in [2.45, 2.75) is 6.92 Å². The molecule has 0 saturated carbocycles. The summed E-state index contributed by atoms with van der Waals surface area (Å²) in [5, 5.41) is 0. The van der Waals surface area contributed by atoms with Crippen molar-refractivity contribution in [2.75, 3.05) is 0 Å². The van der Waals surface area contributed by atoms with Gasteiger partial charge < -0.3 is 0 Å². The van der Waals surface area contributed by atoms with E-state index in [0.717, 1.165) is 0 Å². The highest BCUT2D eigenvalue weighted by molar-refractivity contribution is 7.19. The van der Waals surface area contributed by atoms with Crippen LogP contribution in [0, 0.1) is 6.92 Å². The summed E-state index contributed by atoms with van der Waals surface area (Å²) in [6, 6.07) is 43.5. The first kappa shape index (κ1) is 21.4. The number of aryl methyl sites for hydroxylation is 2. The smallest absolute Gasteiger partial charge is 0.248 e. The number of aromatic amines is 1. The Bertz CT molecular complexity index is 1040. The van der Waals surface area contributed by atoms with Gasteiger partial charge in [0.1, 0.15) is 18.5 Å². The van der Waals surface area contributed by atoms with Crippen LogP contribution in [-0.2, 0) is 7.05 Å². The van der Waals surface area contributed by atoms with Gasteiger partial charge in [-0.1, -0.05) is 121 Å². The minimum absolute atomic E-state index is 1.18. The molecule has 2 nitrogen and oxygen atoms in total. The predicted octanol–water partition coefficient (Wildman–Crippen LogP) is 3.21. The Morgan fingerprint density at radius 3 is 1.03 bits per heavy atom. The van der Waals surface area contributed by atoms with Gasteiger partial charge in [0.05, 0.1) is 7.05 Å². The van der Waals surface area contributed by atoms with Gasteiger partial charge >= 0.3 is 0 Å². The van der Waals surface area contributed by atoms with Crippen molar-refractivity contribution in [1.29, 1.82) is 0 Å². The van der Waals surface area contributed by atoms with E-state index in [1.165, 1.54) is 27.7 Å². The highest BCUT2D eigenvalue weighted by Gasteiger charge is 2.30. The minimum atomic E-state index is -1.22. The lowest BCUT2D eigenvalue weighted by atomic mass is 9.13. The van der Waals surface area contributed by atoms with Crippen molar-refractivity contribution in [3.8, 4) is 0 Å². The van der Waals surface area contributed by atoms with E-state index in [1.807, 2.05) is 30.9 Å². The van der Waals surface area contributed by atoms with Crippen molar-refractivity contribution >= 4 is 28.0 Å². The highest BCUT2D eigenvalue weighted by atomic mass is 15.0. The Hall–Kier alpha value is -3.85. The predicted molar refractivity (Wildman–Crippen MR) is 137 cm³/mol. The number of nitrogens with one attached hydrogen (secondary N) is 1. The molecule has 0 radical (unpaired) electrons. The first-order valence-electron chi connectivity index (χ1n) is 11.1. The van der Waals surface area contributed by atoms with Crippen LogP contribution in [0.25, 0.3) is 0 Å². The highest BCUT2D eigenvalue weighted by Crippen LogP contribution is 2.09. The summed E-state index contributed by atoms with van der Waals surface area (Å²) >= 11 is 0. The van der Waals surface area contributed by atoms with Crippen LogP contribution in [0.2, 0.25) is 0 Å². The Morgan fingerprint density at radius 1 is 0.531 bits per heavy atom. The quantitative estimate of drug-likeness (QED) is 0.401. The van der Waals surface area contributed by atoms with E-state index in [1.54, 1.807) is 0 Å². The van der Waals surface area contributed by atoms with E-state index >= 15 is 0 Å². The molecule has 1 N–H and O–H groups in total. The van der Waals surface area contributed by atoms with Crippen LogP contribution in [-0.4, -0.2) is 10.7 Å². The minimum Gasteiger partial charge on any atom is -0.248 e. The SMILES string of the molecule is Cc1[nH+]ccn1C.c1ccc([B-](c2ccccc2)(c2ccccc2)c2ccccc2)cc1. The number of hydrogen-bond donors (Lipinski definition) is 0. The van der Waals surface area contributed by atoms with Gasteiger partial charge in [-0.25, -0.2) is 9.55 Å². The second kappa shape index (κ2) is 9.97. The van der Waals surface area contributed by atoms with Gasteiger partial charge in [-0.05, 0) is 0 Å². The molecule has 0 bridgehead atoms. The molecule has 32 heavy (non-hydrogen) atoms. The largest absolute Gasteiger partial charge is 0.250 e. The molecule has 0 aliphatic rings. The Kier molecular flexibility index (Phi) is 6.67. The zero-order valence-electron chi connectivity index (χ0n) is 18.7. The Balaban J connectivity index is 0.000000300. The molecule has 0 amide bonds. The van der Waals surface area contributed by atoms with Crippen LogP contribution in [0.15, 0.2) is 134 Å². The van der Waals surface area contributed by atoms with Gasteiger partial charge in [-0.3, -0.25) is 0 Å². The van der Waals surface area contributed by atoms with E-state index in [0.29, 0.717) is 0 Å². The first-order valence-corrected chi connectivity index (χ1v) is 11.1. The number of rotatable bonds is 4. The molecule has 0 aliphatic heterocycles. The van der Waals surface area contributed by atoms with Crippen molar-refractivity contribution in [3.05, 3.63) is 140 Å². The number of aromatic nitrogens is 2. The standard InChI is InChI=1S/C24H20B.C5H8N2/c1-5-13-21(14-6-1)25(22-15-7-2-8-16-22,23-17-9-3-10-18-23)24-19-11-4-12-20-24;1-5-6-3-4-7(5)2/h1-20H;3-4H,1-2H3/q-1;/p+1. The second-order valence-electron chi connectivity index (χ2n) is 8.17. The topological polar surface area (TPSA) is 19.1 Å². The number of benzene rings is 4. The number of nitrogens with zero attached hydrogens (tertiary/aromatic N) is 1. The van der Waals surface area contributed by atoms with E-state index in [9.17, 15) is 0 Å². The maximum Gasteiger partial charge on any atom is 0.250 e. The zero-order chi connectivity index (χ0) is 22.2. The molecule has 3 heteroatoms. The molecule has 158 valence electrons. The molecule has 5 rings (SSSR count). The Morgan fingerprint density at radius 2 is 0.844 bits per heavy atom. The molecule has 1 aromatic heterocycles. The fourth-order valence-electron chi connectivity index (χ4n) is 4.60. The lowest BCUT2D eigenvalue weighted by Gasteiger charge is -2.44. The lowest BCUT2D eigenvalue weighted by molar-refractivity contribution is -0.387. The third kappa shape index (κ3) is 4.28. The summed E-state index contributed by atoms with van der Waals surface area (Å²) in [5.74, 6) is 1.18. The van der Waals surface area contributed by atoms with Gasteiger partial charge in [0.2, 0.25) is 0 Å². The molecule has 0 spiro atoms. The van der Waals surface area contributed by atoms with E-state index < -0.39 is 6.15 Å². The van der Waals surface area contributed by atoms with Crippen LogP contribution in [0.4, 0.5) is 0 Å². The normalized spacial score (nSPS) is 10.8. The molecule has 4 aromatic carbocycles. The summed E-state index contributed by atoms with van der Waals surface area (Å²) in [6.45, 7) is 2.03. The van der Waals surface area contributed by atoms with Crippen molar-refractivity contribution < 1.29 is 4.98 Å². The monoisotopic (exact) mass is 416 g/mol. The van der Waals surface area contributed by atoms with Crippen molar-refractivity contribution in [1.82, 2.24) is 4.57 Å². The molecule has 0 aliphatic carbocycles. The average molecular weight is 416 g/mol. The molecule has 0 saturated heterocycles. The molecule has 1 heterocycles. The average Bonchev–Trinajstić information content (AvgIpc) is 3.25. The first-order chi connectivity index (χ1) is 15.7. The van der Waals surface area contributed by atoms with Crippen LogP contribution >= 0.6 is 0 Å². The zero-order valence-corrected chi connectivity index (χ0v) is 18.7. The van der Waals surface area contributed by atoms with E-state index in [2.05, 4.69) is 126 Å². The molecular weight excluding hydrogens is 387 g/mol. The fraction of sp³-hybridized carbons (Fsp3) is 0.0690. The number of hydrogen-bond acceptors (Lipinski definition) is 0. The molecular formula is C29H29BN2. The van der Waals surface area contributed by atoms with Crippen LogP contribution in [0.5, 0.6) is 0 Å². The van der Waals surface area contributed by atoms with Gasteiger partial charge in [0.15, 0.2) is 0 Å². The summed E-state index contributed by atoms with van der Waals surface area (Å²) in [6.07, 6.45) is 2.68. The van der Waals surface area contributed by atoms with Crippen LogP contribution < -0.4 is 26.8 Å². The number of H-pyrrole nitrogens is 1. The van der Waals surface area contributed by atoms with Crippen LogP contribution in [0.3, 0.4) is 0 Å².